The normalized spacial score (nSPS) is 12.1. The van der Waals surface area contributed by atoms with Crippen LogP contribution < -0.4 is 4.72 Å². The summed E-state index contributed by atoms with van der Waals surface area (Å²) < 4.78 is 49.0. The van der Waals surface area contributed by atoms with Gasteiger partial charge < -0.3 is 0 Å². The fraction of sp³-hybridized carbons (Fsp3) is 0.0909. The van der Waals surface area contributed by atoms with Crippen molar-refractivity contribution in [3.05, 3.63) is 41.8 Å². The van der Waals surface area contributed by atoms with Gasteiger partial charge in [-0.2, -0.15) is 0 Å². The molecular formula is C11H10ClN3O4S2. The van der Waals surface area contributed by atoms with Gasteiger partial charge in [-0.05, 0) is 24.3 Å². The van der Waals surface area contributed by atoms with Crippen molar-refractivity contribution in [3.8, 4) is 0 Å². The number of rotatable bonds is 4. The molecule has 1 aromatic carbocycles. The molecule has 7 nitrogen and oxygen atoms in total. The van der Waals surface area contributed by atoms with Gasteiger partial charge >= 0.3 is 0 Å². The zero-order valence-corrected chi connectivity index (χ0v) is 13.1. The minimum atomic E-state index is -3.88. The minimum absolute atomic E-state index is 0.00610. The second-order valence-corrected chi connectivity index (χ2v) is 8.16. The van der Waals surface area contributed by atoms with Crippen LogP contribution in [0.25, 0.3) is 0 Å². The lowest BCUT2D eigenvalue weighted by Crippen LogP contribution is -2.14. The highest BCUT2D eigenvalue weighted by molar-refractivity contribution is 7.92. The molecule has 0 bridgehead atoms. The van der Waals surface area contributed by atoms with E-state index < -0.39 is 19.9 Å². The lowest BCUT2D eigenvalue weighted by atomic mass is 10.4. The van der Waals surface area contributed by atoms with E-state index in [1.165, 1.54) is 36.7 Å². The Hall–Kier alpha value is -1.71. The summed E-state index contributed by atoms with van der Waals surface area (Å²) in [6.45, 7) is 0. The highest BCUT2D eigenvalue weighted by atomic mass is 35.5. The molecule has 2 aromatic rings. The first kappa shape index (κ1) is 15.7. The van der Waals surface area contributed by atoms with Crippen LogP contribution in [0.4, 0.5) is 5.82 Å². The second-order valence-electron chi connectivity index (χ2n) is 4.07. The van der Waals surface area contributed by atoms with Gasteiger partial charge in [0.05, 0.1) is 22.2 Å². The molecule has 1 N–H and O–H groups in total. The topological polar surface area (TPSA) is 106 Å². The molecule has 1 heterocycles. The van der Waals surface area contributed by atoms with E-state index in [2.05, 4.69) is 14.7 Å². The molecule has 0 radical (unpaired) electrons. The monoisotopic (exact) mass is 347 g/mol. The fourth-order valence-corrected chi connectivity index (χ4v) is 3.15. The molecule has 0 saturated heterocycles. The second kappa shape index (κ2) is 5.58. The van der Waals surface area contributed by atoms with E-state index >= 15 is 0 Å². The van der Waals surface area contributed by atoms with Gasteiger partial charge in [-0.1, -0.05) is 11.6 Å². The summed E-state index contributed by atoms with van der Waals surface area (Å²) in [6, 6.07) is 4.83. The van der Waals surface area contributed by atoms with Gasteiger partial charge in [-0.25, -0.2) is 26.8 Å². The Morgan fingerprint density at radius 3 is 2.00 bits per heavy atom. The molecule has 112 valence electrons. The summed E-state index contributed by atoms with van der Waals surface area (Å²) in [7, 11) is -7.26. The number of hydrogen-bond acceptors (Lipinski definition) is 6. The molecule has 0 spiro atoms. The highest BCUT2D eigenvalue weighted by Gasteiger charge is 2.16. The first-order valence-electron chi connectivity index (χ1n) is 5.49. The van der Waals surface area contributed by atoms with Crippen molar-refractivity contribution in [2.45, 2.75) is 9.79 Å². The van der Waals surface area contributed by atoms with Crippen molar-refractivity contribution in [3.63, 3.8) is 0 Å². The molecule has 0 atom stereocenters. The third-order valence-electron chi connectivity index (χ3n) is 2.42. The van der Waals surface area contributed by atoms with Gasteiger partial charge in [0.15, 0.2) is 15.7 Å². The molecular weight excluding hydrogens is 338 g/mol. The minimum Gasteiger partial charge on any atom is -0.262 e. The average Bonchev–Trinajstić information content (AvgIpc) is 2.40. The van der Waals surface area contributed by atoms with Crippen molar-refractivity contribution in [1.82, 2.24) is 9.97 Å². The molecule has 1 aromatic heterocycles. The van der Waals surface area contributed by atoms with Gasteiger partial charge in [-0.3, -0.25) is 4.72 Å². The van der Waals surface area contributed by atoms with Crippen LogP contribution >= 0.6 is 11.6 Å². The van der Waals surface area contributed by atoms with E-state index in [4.69, 9.17) is 11.6 Å². The van der Waals surface area contributed by atoms with Crippen LogP contribution in [0, 0.1) is 0 Å². The lowest BCUT2D eigenvalue weighted by molar-refractivity contribution is 0.597. The molecule has 0 aliphatic rings. The largest absolute Gasteiger partial charge is 0.263 e. The van der Waals surface area contributed by atoms with E-state index in [1.54, 1.807) is 0 Å². The fourth-order valence-electron chi connectivity index (χ4n) is 1.43. The predicted molar refractivity (Wildman–Crippen MR) is 77.4 cm³/mol. The molecule has 0 fully saturated rings. The molecule has 0 aliphatic carbocycles. The lowest BCUT2D eigenvalue weighted by Gasteiger charge is -2.07. The number of nitrogens with one attached hydrogen (secondary N) is 1. The Balaban J connectivity index is 2.29. The maximum atomic E-state index is 12.1. The number of benzene rings is 1. The average molecular weight is 348 g/mol. The maximum absolute atomic E-state index is 12.1. The third kappa shape index (κ3) is 3.90. The SMILES string of the molecule is CS(=O)(=O)c1ccc(S(=O)(=O)Nc2cnc(Cl)cn2)cc1. The molecule has 0 amide bonds. The zero-order valence-electron chi connectivity index (χ0n) is 10.7. The van der Waals surface area contributed by atoms with Gasteiger partial charge in [0, 0.05) is 6.26 Å². The van der Waals surface area contributed by atoms with E-state index in [1.807, 2.05) is 0 Å². The van der Waals surface area contributed by atoms with Gasteiger partial charge in [-0.15, -0.1) is 0 Å². The summed E-state index contributed by atoms with van der Waals surface area (Å²) in [5, 5.41) is 0.135. The molecule has 10 heteroatoms. The van der Waals surface area contributed by atoms with Crippen LogP contribution in [0.5, 0.6) is 0 Å². The quantitative estimate of drug-likeness (QED) is 0.894. The number of nitrogens with zero attached hydrogens (tertiary/aromatic N) is 2. The molecule has 0 unspecified atom stereocenters. The number of halogens is 1. The highest BCUT2D eigenvalue weighted by Crippen LogP contribution is 2.17. The summed E-state index contributed by atoms with van der Waals surface area (Å²) in [5.74, 6) is 0.00610. The Morgan fingerprint density at radius 2 is 1.52 bits per heavy atom. The Kier molecular flexibility index (Phi) is 4.17. The summed E-state index contributed by atoms with van der Waals surface area (Å²) >= 11 is 5.55. The molecule has 2 rings (SSSR count). The first-order chi connectivity index (χ1) is 9.68. The van der Waals surface area contributed by atoms with Crippen LogP contribution in [0.2, 0.25) is 5.15 Å². The Labute approximate surface area is 127 Å². The summed E-state index contributed by atoms with van der Waals surface area (Å²) in [5.41, 5.74) is 0. The standard InChI is InChI=1S/C11H10ClN3O4S2/c1-20(16,17)8-2-4-9(5-3-8)21(18,19)15-11-7-13-10(12)6-14-11/h2-7H,1H3,(H,14,15). The number of sulfonamides is 1. The molecule has 0 saturated carbocycles. The van der Waals surface area contributed by atoms with E-state index in [0.717, 1.165) is 6.26 Å². The smallest absolute Gasteiger partial charge is 0.262 e. The van der Waals surface area contributed by atoms with Crippen molar-refractivity contribution in [2.75, 3.05) is 11.0 Å². The van der Waals surface area contributed by atoms with Crippen LogP contribution in [-0.2, 0) is 19.9 Å². The van der Waals surface area contributed by atoms with E-state index in [9.17, 15) is 16.8 Å². The molecule has 0 aliphatic heterocycles. The van der Waals surface area contributed by atoms with Crippen molar-refractivity contribution >= 4 is 37.3 Å². The number of sulfone groups is 1. The summed E-state index contributed by atoms with van der Waals surface area (Å²) in [4.78, 5) is 7.41. The zero-order chi connectivity index (χ0) is 15.7. The van der Waals surface area contributed by atoms with Gasteiger partial charge in [0.25, 0.3) is 10.0 Å². The van der Waals surface area contributed by atoms with E-state index in [0.29, 0.717) is 0 Å². The van der Waals surface area contributed by atoms with Crippen molar-refractivity contribution in [1.29, 1.82) is 0 Å². The van der Waals surface area contributed by atoms with Crippen LogP contribution in [0.15, 0.2) is 46.5 Å². The third-order valence-corrected chi connectivity index (χ3v) is 5.12. The van der Waals surface area contributed by atoms with Gasteiger partial charge in [0.2, 0.25) is 0 Å². The number of aromatic nitrogens is 2. The van der Waals surface area contributed by atoms with Crippen molar-refractivity contribution < 1.29 is 16.8 Å². The number of anilines is 1. The first-order valence-corrected chi connectivity index (χ1v) is 9.24. The Bertz CT molecular complexity index is 847. The summed E-state index contributed by atoms with van der Waals surface area (Å²) in [6.07, 6.45) is 3.41. The van der Waals surface area contributed by atoms with E-state index in [-0.39, 0.29) is 20.8 Å². The van der Waals surface area contributed by atoms with Crippen molar-refractivity contribution in [2.24, 2.45) is 0 Å². The number of hydrogen-bond donors (Lipinski definition) is 1. The van der Waals surface area contributed by atoms with Crippen LogP contribution in [-0.4, -0.2) is 33.1 Å². The maximum Gasteiger partial charge on any atom is 0.263 e. The predicted octanol–water partition coefficient (Wildman–Crippen LogP) is 1.33. The van der Waals surface area contributed by atoms with Crippen LogP contribution in [0.1, 0.15) is 0 Å². The Morgan fingerprint density at radius 1 is 0.952 bits per heavy atom. The molecule has 21 heavy (non-hydrogen) atoms. The van der Waals surface area contributed by atoms with Gasteiger partial charge in [0.1, 0.15) is 5.15 Å². The van der Waals surface area contributed by atoms with Crippen LogP contribution in [0.3, 0.4) is 0 Å².